The van der Waals surface area contributed by atoms with Gasteiger partial charge in [0.1, 0.15) is 5.82 Å². The molecule has 0 amide bonds. The lowest BCUT2D eigenvalue weighted by molar-refractivity contribution is 0.151. The standard InChI is InChI=1S/C15H13BrF3N/c1-9-5-13(17)12(16)7-14(9)20-8-10-3-2-4-11(6-10)15(18)19/h2-7,15,20H,8H2,1H3. The van der Waals surface area contributed by atoms with Crippen molar-refractivity contribution in [2.24, 2.45) is 0 Å². The van der Waals surface area contributed by atoms with Crippen molar-refractivity contribution in [2.75, 3.05) is 5.32 Å². The number of nitrogens with one attached hydrogen (secondary N) is 1. The van der Waals surface area contributed by atoms with E-state index in [1.807, 2.05) is 0 Å². The number of benzene rings is 2. The molecule has 0 saturated carbocycles. The molecule has 2 rings (SSSR count). The third kappa shape index (κ3) is 3.54. The van der Waals surface area contributed by atoms with Gasteiger partial charge in [-0.1, -0.05) is 18.2 Å². The van der Waals surface area contributed by atoms with Crippen LogP contribution in [0.25, 0.3) is 0 Å². The van der Waals surface area contributed by atoms with Gasteiger partial charge in [0.15, 0.2) is 0 Å². The molecule has 0 atom stereocenters. The predicted molar refractivity (Wildman–Crippen MR) is 77.6 cm³/mol. The van der Waals surface area contributed by atoms with Gasteiger partial charge in [0, 0.05) is 17.8 Å². The fourth-order valence-electron chi connectivity index (χ4n) is 1.87. The number of rotatable bonds is 4. The molecule has 0 spiro atoms. The Labute approximate surface area is 123 Å². The van der Waals surface area contributed by atoms with Crippen LogP contribution in [0.4, 0.5) is 18.9 Å². The summed E-state index contributed by atoms with van der Waals surface area (Å²) in [7, 11) is 0. The van der Waals surface area contributed by atoms with Gasteiger partial charge in [-0.15, -0.1) is 0 Å². The van der Waals surface area contributed by atoms with E-state index in [2.05, 4.69) is 21.2 Å². The zero-order valence-electron chi connectivity index (χ0n) is 10.8. The van der Waals surface area contributed by atoms with Crippen molar-refractivity contribution in [1.82, 2.24) is 0 Å². The number of aryl methyl sites for hydroxylation is 1. The predicted octanol–water partition coefficient (Wildman–Crippen LogP) is 5.45. The Kier molecular flexibility index (Phi) is 4.70. The van der Waals surface area contributed by atoms with E-state index in [0.29, 0.717) is 11.0 Å². The molecule has 0 saturated heterocycles. The van der Waals surface area contributed by atoms with E-state index >= 15 is 0 Å². The van der Waals surface area contributed by atoms with Crippen molar-refractivity contribution in [3.63, 3.8) is 0 Å². The summed E-state index contributed by atoms with van der Waals surface area (Å²) in [5.74, 6) is -0.326. The van der Waals surface area contributed by atoms with Crippen LogP contribution in [0.1, 0.15) is 23.1 Å². The first-order valence-corrected chi connectivity index (χ1v) is 6.83. The second-order valence-electron chi connectivity index (χ2n) is 4.48. The zero-order valence-corrected chi connectivity index (χ0v) is 12.3. The van der Waals surface area contributed by atoms with Crippen molar-refractivity contribution in [3.8, 4) is 0 Å². The van der Waals surface area contributed by atoms with Gasteiger partial charge >= 0.3 is 0 Å². The van der Waals surface area contributed by atoms with E-state index in [4.69, 9.17) is 0 Å². The summed E-state index contributed by atoms with van der Waals surface area (Å²) in [6.07, 6.45) is -2.48. The first kappa shape index (κ1) is 14.9. The Bertz CT molecular complexity index is 614. The molecule has 0 aromatic heterocycles. The molecular formula is C15H13BrF3N. The maximum atomic E-state index is 13.3. The first-order chi connectivity index (χ1) is 9.47. The highest BCUT2D eigenvalue weighted by Crippen LogP contribution is 2.25. The minimum Gasteiger partial charge on any atom is -0.381 e. The normalized spacial score (nSPS) is 10.9. The van der Waals surface area contributed by atoms with Crippen LogP contribution in [0.15, 0.2) is 40.9 Å². The number of hydrogen-bond acceptors (Lipinski definition) is 1. The SMILES string of the molecule is Cc1cc(F)c(Br)cc1NCc1cccc(C(F)F)c1. The van der Waals surface area contributed by atoms with Gasteiger partial charge in [-0.05, 0) is 52.2 Å². The van der Waals surface area contributed by atoms with Gasteiger partial charge in [0.25, 0.3) is 6.43 Å². The lowest BCUT2D eigenvalue weighted by Crippen LogP contribution is -2.02. The Morgan fingerprint density at radius 2 is 1.95 bits per heavy atom. The summed E-state index contributed by atoms with van der Waals surface area (Å²) in [5, 5.41) is 3.12. The Hall–Kier alpha value is -1.49. The van der Waals surface area contributed by atoms with Gasteiger partial charge in [0.05, 0.1) is 4.47 Å². The highest BCUT2D eigenvalue weighted by molar-refractivity contribution is 9.10. The summed E-state index contributed by atoms with van der Waals surface area (Å²) in [6.45, 7) is 2.19. The van der Waals surface area contributed by atoms with Crippen molar-refractivity contribution in [1.29, 1.82) is 0 Å². The van der Waals surface area contributed by atoms with E-state index in [1.165, 1.54) is 18.2 Å². The number of halogens is 4. The maximum Gasteiger partial charge on any atom is 0.263 e. The minimum absolute atomic E-state index is 0.00121. The van der Waals surface area contributed by atoms with Crippen LogP contribution in [0, 0.1) is 12.7 Å². The number of alkyl halides is 2. The molecule has 0 aliphatic rings. The third-order valence-corrected chi connectivity index (χ3v) is 3.56. The second-order valence-corrected chi connectivity index (χ2v) is 5.33. The van der Waals surface area contributed by atoms with E-state index in [1.54, 1.807) is 25.1 Å². The van der Waals surface area contributed by atoms with E-state index in [-0.39, 0.29) is 11.4 Å². The average Bonchev–Trinajstić information content (AvgIpc) is 2.41. The van der Waals surface area contributed by atoms with Crippen molar-refractivity contribution in [3.05, 3.63) is 63.4 Å². The van der Waals surface area contributed by atoms with Gasteiger partial charge in [-0.3, -0.25) is 0 Å². The van der Waals surface area contributed by atoms with Gasteiger partial charge in [-0.25, -0.2) is 13.2 Å². The Morgan fingerprint density at radius 3 is 2.65 bits per heavy atom. The molecule has 20 heavy (non-hydrogen) atoms. The minimum atomic E-state index is -2.48. The monoisotopic (exact) mass is 343 g/mol. The molecule has 1 N–H and O–H groups in total. The van der Waals surface area contributed by atoms with Gasteiger partial charge < -0.3 is 5.32 Å². The molecule has 1 nitrogen and oxygen atoms in total. The highest BCUT2D eigenvalue weighted by atomic mass is 79.9. The van der Waals surface area contributed by atoms with Crippen LogP contribution in [-0.4, -0.2) is 0 Å². The fraction of sp³-hybridized carbons (Fsp3) is 0.200. The quantitative estimate of drug-likeness (QED) is 0.778. The smallest absolute Gasteiger partial charge is 0.263 e. The number of hydrogen-bond donors (Lipinski definition) is 1. The zero-order chi connectivity index (χ0) is 14.7. The van der Waals surface area contributed by atoms with Crippen LogP contribution in [-0.2, 0) is 6.54 Å². The molecule has 106 valence electrons. The third-order valence-electron chi connectivity index (χ3n) is 2.95. The Morgan fingerprint density at radius 1 is 1.20 bits per heavy atom. The van der Waals surface area contributed by atoms with E-state index < -0.39 is 6.43 Å². The Balaban J connectivity index is 2.13. The summed E-state index contributed by atoms with van der Waals surface area (Å²) >= 11 is 3.12. The molecule has 0 aliphatic carbocycles. The van der Waals surface area contributed by atoms with Crippen LogP contribution in [0.5, 0.6) is 0 Å². The largest absolute Gasteiger partial charge is 0.381 e. The first-order valence-electron chi connectivity index (χ1n) is 6.04. The van der Waals surface area contributed by atoms with Crippen molar-refractivity contribution in [2.45, 2.75) is 19.9 Å². The fourth-order valence-corrected chi connectivity index (χ4v) is 2.22. The molecule has 0 radical (unpaired) electrons. The molecule has 0 unspecified atom stereocenters. The molecule has 0 aliphatic heterocycles. The van der Waals surface area contributed by atoms with Crippen LogP contribution in [0.3, 0.4) is 0 Å². The summed E-state index contributed by atoms with van der Waals surface area (Å²) in [6, 6.07) is 9.29. The molecule has 2 aromatic rings. The topological polar surface area (TPSA) is 12.0 Å². The van der Waals surface area contributed by atoms with Crippen molar-refractivity contribution < 1.29 is 13.2 Å². The van der Waals surface area contributed by atoms with Gasteiger partial charge in [0.2, 0.25) is 0 Å². The van der Waals surface area contributed by atoms with Crippen LogP contribution >= 0.6 is 15.9 Å². The van der Waals surface area contributed by atoms with Gasteiger partial charge in [-0.2, -0.15) is 0 Å². The summed E-state index contributed by atoms with van der Waals surface area (Å²) in [5.41, 5.74) is 2.28. The van der Waals surface area contributed by atoms with Crippen LogP contribution < -0.4 is 5.32 Å². The van der Waals surface area contributed by atoms with Crippen LogP contribution in [0.2, 0.25) is 0 Å². The molecule has 0 bridgehead atoms. The maximum absolute atomic E-state index is 13.3. The lowest BCUT2D eigenvalue weighted by Gasteiger charge is -2.11. The van der Waals surface area contributed by atoms with E-state index in [9.17, 15) is 13.2 Å². The highest BCUT2D eigenvalue weighted by Gasteiger charge is 2.08. The molecular weight excluding hydrogens is 331 g/mol. The molecule has 5 heteroatoms. The number of anilines is 1. The molecule has 0 heterocycles. The van der Waals surface area contributed by atoms with Crippen molar-refractivity contribution >= 4 is 21.6 Å². The summed E-state index contributed by atoms with van der Waals surface area (Å²) in [4.78, 5) is 0. The second kappa shape index (κ2) is 6.31. The molecule has 0 fully saturated rings. The molecule has 2 aromatic carbocycles. The summed E-state index contributed by atoms with van der Waals surface area (Å²) < 4.78 is 38.9. The lowest BCUT2D eigenvalue weighted by atomic mass is 10.1. The van der Waals surface area contributed by atoms with E-state index in [0.717, 1.165) is 16.8 Å². The average molecular weight is 344 g/mol.